The van der Waals surface area contributed by atoms with Crippen LogP contribution in [-0.2, 0) is 4.79 Å². The quantitative estimate of drug-likeness (QED) is 0.421. The fourth-order valence-electron chi connectivity index (χ4n) is 3.87. The van der Waals surface area contributed by atoms with Crippen LogP contribution in [0, 0.1) is 6.92 Å². The lowest BCUT2D eigenvalue weighted by Gasteiger charge is -2.32. The predicted octanol–water partition coefficient (Wildman–Crippen LogP) is 4.97. The predicted molar refractivity (Wildman–Crippen MR) is 139 cm³/mol. The summed E-state index contributed by atoms with van der Waals surface area (Å²) in [6, 6.07) is 22.5. The van der Waals surface area contributed by atoms with Crippen molar-refractivity contribution in [2.75, 3.05) is 19.0 Å². The second-order valence-corrected chi connectivity index (χ2v) is 8.26. The van der Waals surface area contributed by atoms with Gasteiger partial charge >= 0.3 is 0 Å². The minimum absolute atomic E-state index is 0.233. The maximum Gasteiger partial charge on any atom is 0.256 e. The van der Waals surface area contributed by atoms with E-state index in [2.05, 4.69) is 16.0 Å². The summed E-state index contributed by atoms with van der Waals surface area (Å²) in [5.41, 5.74) is 4.70. The Morgan fingerprint density at radius 2 is 1.76 bits per heavy atom. The summed E-state index contributed by atoms with van der Waals surface area (Å²) < 4.78 is 11.2. The molecule has 0 aliphatic carbocycles. The number of aryl methyl sites for hydroxylation is 1. The van der Waals surface area contributed by atoms with Gasteiger partial charge in [0.25, 0.3) is 5.91 Å². The first kappa shape index (κ1) is 23.3. The van der Waals surface area contributed by atoms with E-state index in [9.17, 15) is 4.79 Å². The van der Waals surface area contributed by atoms with Crippen molar-refractivity contribution in [1.29, 1.82) is 0 Å². The Morgan fingerprint density at radius 3 is 2.44 bits per heavy atom. The normalized spacial score (nSPS) is 15.3. The number of methoxy groups -OCH3 is 1. The van der Waals surface area contributed by atoms with Crippen LogP contribution in [-0.4, -0.2) is 24.7 Å². The van der Waals surface area contributed by atoms with Gasteiger partial charge in [-0.25, -0.2) is 0 Å². The third-order valence-electron chi connectivity index (χ3n) is 5.51. The molecule has 1 amide bonds. The van der Waals surface area contributed by atoms with E-state index in [1.54, 1.807) is 7.11 Å². The van der Waals surface area contributed by atoms with Gasteiger partial charge in [-0.05, 0) is 61.5 Å². The van der Waals surface area contributed by atoms with Crippen LogP contribution in [0.2, 0.25) is 0 Å². The largest absolute Gasteiger partial charge is 0.493 e. The van der Waals surface area contributed by atoms with Gasteiger partial charge < -0.3 is 25.4 Å². The first-order valence-electron chi connectivity index (χ1n) is 11.1. The zero-order valence-corrected chi connectivity index (χ0v) is 20.2. The number of ether oxygens (including phenoxy) is 2. The lowest BCUT2D eigenvalue weighted by molar-refractivity contribution is -0.113. The average molecular weight is 474 g/mol. The lowest BCUT2D eigenvalue weighted by Crippen LogP contribution is -2.45. The molecular weight excluding hydrogens is 446 g/mol. The summed E-state index contributed by atoms with van der Waals surface area (Å²) in [4.78, 5) is 13.7. The van der Waals surface area contributed by atoms with Crippen LogP contribution in [0.3, 0.4) is 0 Å². The fourth-order valence-corrected chi connectivity index (χ4v) is 4.09. The van der Waals surface area contributed by atoms with E-state index in [0.29, 0.717) is 40.2 Å². The van der Waals surface area contributed by atoms with Gasteiger partial charge in [-0.3, -0.25) is 4.79 Å². The third kappa shape index (κ3) is 5.05. The number of carbonyl (C=O) groups excluding carboxylic acids is 1. The molecular formula is C27H27N3O3S. The van der Waals surface area contributed by atoms with Crippen LogP contribution in [0.1, 0.15) is 29.7 Å². The summed E-state index contributed by atoms with van der Waals surface area (Å²) in [5, 5.41) is 9.94. The Balaban J connectivity index is 1.82. The van der Waals surface area contributed by atoms with Crippen molar-refractivity contribution in [2.45, 2.75) is 19.9 Å². The van der Waals surface area contributed by atoms with Crippen LogP contribution >= 0.6 is 12.2 Å². The number of anilines is 1. The van der Waals surface area contributed by atoms with Gasteiger partial charge in [-0.2, -0.15) is 0 Å². The Kier molecular flexibility index (Phi) is 7.13. The number of thiocarbonyl (C=S) groups is 1. The van der Waals surface area contributed by atoms with Crippen molar-refractivity contribution in [3.63, 3.8) is 0 Å². The first-order valence-corrected chi connectivity index (χ1v) is 11.5. The lowest BCUT2D eigenvalue weighted by atomic mass is 9.91. The summed E-state index contributed by atoms with van der Waals surface area (Å²) in [5.74, 6) is 0.997. The highest BCUT2D eigenvalue weighted by atomic mass is 32.1. The van der Waals surface area contributed by atoms with Crippen molar-refractivity contribution in [3.05, 3.63) is 95.1 Å². The molecule has 4 rings (SSSR count). The molecule has 3 aromatic rings. The molecule has 1 aliphatic heterocycles. The molecule has 3 aromatic carbocycles. The Morgan fingerprint density at radius 1 is 1.03 bits per heavy atom. The number of carbonyl (C=O) groups is 1. The van der Waals surface area contributed by atoms with Crippen LogP contribution < -0.4 is 25.4 Å². The summed E-state index contributed by atoms with van der Waals surface area (Å²) >= 11 is 5.53. The van der Waals surface area contributed by atoms with Crippen molar-refractivity contribution in [3.8, 4) is 11.5 Å². The van der Waals surface area contributed by atoms with Crippen LogP contribution in [0.25, 0.3) is 5.70 Å². The second-order valence-electron chi connectivity index (χ2n) is 7.85. The molecule has 0 saturated carbocycles. The maximum atomic E-state index is 13.7. The van der Waals surface area contributed by atoms with Gasteiger partial charge in [0, 0.05) is 5.69 Å². The molecule has 0 aromatic heterocycles. The molecule has 7 heteroatoms. The number of rotatable bonds is 7. The molecule has 3 N–H and O–H groups in total. The van der Waals surface area contributed by atoms with Crippen LogP contribution in [0.15, 0.2) is 78.4 Å². The molecule has 1 aliphatic rings. The standard InChI is InChI=1S/C27H27N3O3S/c1-4-33-21-15-12-19(16-22(21)32-3)25-23(26(31)28-20-13-10-17(2)11-14-20)24(29-27(34)30-25)18-8-6-5-7-9-18/h5-16,25H,4H2,1-3H3,(H,28,31)(H2,29,30,34)/t25-/m0/s1. The zero-order valence-electron chi connectivity index (χ0n) is 19.3. The van der Waals surface area contributed by atoms with Gasteiger partial charge in [0.2, 0.25) is 0 Å². The summed E-state index contributed by atoms with van der Waals surface area (Å²) in [7, 11) is 1.60. The minimum atomic E-state index is -0.501. The van der Waals surface area contributed by atoms with E-state index in [1.165, 1.54) is 0 Å². The van der Waals surface area contributed by atoms with E-state index in [-0.39, 0.29) is 5.91 Å². The highest BCUT2D eigenvalue weighted by molar-refractivity contribution is 7.80. The third-order valence-corrected chi connectivity index (χ3v) is 5.73. The highest BCUT2D eigenvalue weighted by Crippen LogP contribution is 2.36. The van der Waals surface area contributed by atoms with E-state index in [0.717, 1.165) is 16.7 Å². The molecule has 1 heterocycles. The second kappa shape index (κ2) is 10.4. The summed E-state index contributed by atoms with van der Waals surface area (Å²) in [6.45, 7) is 4.45. The van der Waals surface area contributed by atoms with Gasteiger partial charge in [-0.1, -0.05) is 54.1 Å². The molecule has 174 valence electrons. The van der Waals surface area contributed by atoms with Gasteiger partial charge in [0.15, 0.2) is 16.6 Å². The van der Waals surface area contributed by atoms with E-state index in [1.807, 2.05) is 86.6 Å². The molecule has 34 heavy (non-hydrogen) atoms. The van der Waals surface area contributed by atoms with E-state index in [4.69, 9.17) is 21.7 Å². The molecule has 0 fully saturated rings. The highest BCUT2D eigenvalue weighted by Gasteiger charge is 2.32. The average Bonchev–Trinajstić information content (AvgIpc) is 2.85. The molecule has 0 bridgehead atoms. The van der Waals surface area contributed by atoms with Crippen molar-refractivity contribution in [1.82, 2.24) is 10.6 Å². The van der Waals surface area contributed by atoms with Gasteiger partial charge in [0.05, 0.1) is 31.0 Å². The molecule has 0 spiro atoms. The minimum Gasteiger partial charge on any atom is -0.493 e. The number of hydrogen-bond donors (Lipinski definition) is 3. The smallest absolute Gasteiger partial charge is 0.256 e. The van der Waals surface area contributed by atoms with Gasteiger partial charge in [-0.15, -0.1) is 0 Å². The molecule has 1 atom stereocenters. The molecule has 0 radical (unpaired) electrons. The summed E-state index contributed by atoms with van der Waals surface area (Å²) in [6.07, 6.45) is 0. The number of benzene rings is 3. The van der Waals surface area contributed by atoms with Gasteiger partial charge in [0.1, 0.15) is 0 Å². The van der Waals surface area contributed by atoms with E-state index < -0.39 is 6.04 Å². The Hall–Kier alpha value is -3.84. The Bertz CT molecular complexity index is 1220. The topological polar surface area (TPSA) is 71.6 Å². The van der Waals surface area contributed by atoms with Crippen molar-refractivity contribution >= 4 is 34.6 Å². The van der Waals surface area contributed by atoms with E-state index >= 15 is 0 Å². The SMILES string of the molecule is CCOc1ccc([C@@H]2NC(=S)NC(c3ccccc3)=C2C(=O)Nc2ccc(C)cc2)cc1OC. The Labute approximate surface area is 205 Å². The number of nitrogens with one attached hydrogen (secondary N) is 3. The van der Waals surface area contributed by atoms with Crippen molar-refractivity contribution < 1.29 is 14.3 Å². The molecule has 0 saturated heterocycles. The first-order chi connectivity index (χ1) is 16.5. The number of hydrogen-bond acceptors (Lipinski definition) is 4. The van der Waals surface area contributed by atoms with Crippen LogP contribution in [0.5, 0.6) is 11.5 Å². The molecule has 6 nitrogen and oxygen atoms in total. The van der Waals surface area contributed by atoms with Crippen molar-refractivity contribution in [2.24, 2.45) is 0 Å². The monoisotopic (exact) mass is 473 g/mol. The maximum absolute atomic E-state index is 13.7. The molecule has 0 unspecified atom stereocenters. The fraction of sp³-hybridized carbons (Fsp3) is 0.185. The zero-order chi connectivity index (χ0) is 24.1. The number of amides is 1. The van der Waals surface area contributed by atoms with Crippen LogP contribution in [0.4, 0.5) is 5.69 Å².